The van der Waals surface area contributed by atoms with Crippen LogP contribution in [0.2, 0.25) is 0 Å². The van der Waals surface area contributed by atoms with E-state index in [0.29, 0.717) is 12.2 Å². The first-order valence-electron chi connectivity index (χ1n) is 5.18. The second kappa shape index (κ2) is 5.00. The number of Topliss-reactive ketones (excluding diaryl/α,β-unsaturated/α-hetero) is 1. The lowest BCUT2D eigenvalue weighted by molar-refractivity contribution is -0.121. The van der Waals surface area contributed by atoms with Crippen LogP contribution in [0.1, 0.15) is 39.5 Å². The summed E-state index contributed by atoms with van der Waals surface area (Å²) in [5.74, 6) is 0.529. The number of carbonyl (C=O) groups excluding carboxylic acids is 1. The molecule has 0 saturated carbocycles. The molecule has 0 aliphatic heterocycles. The summed E-state index contributed by atoms with van der Waals surface area (Å²) in [6, 6.07) is 0. The SMILES string of the molecule is CCC(=O)C(CC)C1=CCCC=C1. The Hall–Kier alpha value is -0.850. The standard InChI is InChI=1S/C12H18O/c1-3-11(12(13)4-2)10-8-6-5-7-9-10/h6,8-9,11H,3-5,7H2,1-2H3. The summed E-state index contributed by atoms with van der Waals surface area (Å²) in [4.78, 5) is 11.6. The molecule has 1 aliphatic carbocycles. The topological polar surface area (TPSA) is 17.1 Å². The van der Waals surface area contributed by atoms with Crippen LogP contribution in [0, 0.1) is 5.92 Å². The van der Waals surface area contributed by atoms with E-state index in [4.69, 9.17) is 0 Å². The molecule has 1 heteroatoms. The Bertz CT molecular complexity index is 236. The Balaban J connectivity index is 2.71. The number of rotatable bonds is 4. The summed E-state index contributed by atoms with van der Waals surface area (Å²) in [7, 11) is 0. The molecule has 1 aliphatic rings. The average molecular weight is 178 g/mol. The summed E-state index contributed by atoms with van der Waals surface area (Å²) in [6.07, 6.45) is 10.3. The number of hydrogen-bond donors (Lipinski definition) is 0. The highest BCUT2D eigenvalue weighted by Crippen LogP contribution is 2.23. The van der Waals surface area contributed by atoms with Crippen molar-refractivity contribution in [2.24, 2.45) is 5.92 Å². The van der Waals surface area contributed by atoms with Crippen molar-refractivity contribution in [1.82, 2.24) is 0 Å². The second-order valence-electron chi connectivity index (χ2n) is 3.46. The fourth-order valence-corrected chi connectivity index (χ4v) is 1.79. The van der Waals surface area contributed by atoms with E-state index < -0.39 is 0 Å². The van der Waals surface area contributed by atoms with Gasteiger partial charge in [-0.05, 0) is 24.8 Å². The molecule has 13 heavy (non-hydrogen) atoms. The molecule has 0 fully saturated rings. The number of hydrogen-bond acceptors (Lipinski definition) is 1. The first-order valence-corrected chi connectivity index (χ1v) is 5.18. The molecule has 0 bridgehead atoms. The van der Waals surface area contributed by atoms with Gasteiger partial charge >= 0.3 is 0 Å². The van der Waals surface area contributed by atoms with Crippen molar-refractivity contribution in [2.45, 2.75) is 39.5 Å². The Morgan fingerprint density at radius 3 is 2.69 bits per heavy atom. The van der Waals surface area contributed by atoms with Crippen LogP contribution < -0.4 is 0 Å². The van der Waals surface area contributed by atoms with Gasteiger partial charge in [-0.25, -0.2) is 0 Å². The van der Waals surface area contributed by atoms with Crippen LogP contribution in [0.5, 0.6) is 0 Å². The average Bonchev–Trinajstić information content (AvgIpc) is 2.20. The van der Waals surface area contributed by atoms with Gasteiger partial charge in [0.25, 0.3) is 0 Å². The molecule has 1 unspecified atom stereocenters. The van der Waals surface area contributed by atoms with Crippen molar-refractivity contribution in [3.8, 4) is 0 Å². The van der Waals surface area contributed by atoms with E-state index in [1.165, 1.54) is 5.57 Å². The molecule has 1 nitrogen and oxygen atoms in total. The molecule has 1 rings (SSSR count). The van der Waals surface area contributed by atoms with Crippen molar-refractivity contribution in [2.75, 3.05) is 0 Å². The van der Waals surface area contributed by atoms with Gasteiger partial charge in [0.1, 0.15) is 5.78 Å². The summed E-state index contributed by atoms with van der Waals surface area (Å²) in [5.41, 5.74) is 1.24. The largest absolute Gasteiger partial charge is 0.299 e. The van der Waals surface area contributed by atoms with E-state index in [2.05, 4.69) is 25.2 Å². The first-order chi connectivity index (χ1) is 6.29. The van der Waals surface area contributed by atoms with Gasteiger partial charge in [-0.1, -0.05) is 32.1 Å². The van der Waals surface area contributed by atoms with E-state index in [-0.39, 0.29) is 5.92 Å². The molecule has 72 valence electrons. The molecule has 0 aromatic rings. The Labute approximate surface area is 80.5 Å². The molecule has 0 radical (unpaired) electrons. The Kier molecular flexibility index (Phi) is 3.94. The summed E-state index contributed by atoms with van der Waals surface area (Å²) < 4.78 is 0. The number of ketones is 1. The molecule has 1 atom stereocenters. The normalized spacial score (nSPS) is 18.2. The third-order valence-corrected chi connectivity index (χ3v) is 2.57. The maximum absolute atomic E-state index is 11.6. The van der Waals surface area contributed by atoms with Crippen LogP contribution >= 0.6 is 0 Å². The van der Waals surface area contributed by atoms with Gasteiger partial charge in [-0.15, -0.1) is 0 Å². The van der Waals surface area contributed by atoms with E-state index in [1.54, 1.807) is 0 Å². The summed E-state index contributed by atoms with van der Waals surface area (Å²) in [6.45, 7) is 4.03. The molecule has 0 aromatic heterocycles. The van der Waals surface area contributed by atoms with Crippen LogP contribution in [-0.4, -0.2) is 5.78 Å². The fraction of sp³-hybridized carbons (Fsp3) is 0.583. The van der Waals surface area contributed by atoms with Gasteiger partial charge in [0, 0.05) is 12.3 Å². The van der Waals surface area contributed by atoms with E-state index >= 15 is 0 Å². The lowest BCUT2D eigenvalue weighted by atomic mass is 9.88. The minimum Gasteiger partial charge on any atom is -0.299 e. The van der Waals surface area contributed by atoms with Crippen LogP contribution in [-0.2, 0) is 4.79 Å². The van der Waals surface area contributed by atoms with Crippen molar-refractivity contribution < 1.29 is 4.79 Å². The molecule has 0 spiro atoms. The lowest BCUT2D eigenvalue weighted by Crippen LogP contribution is -2.14. The molecule has 0 heterocycles. The molecule has 0 saturated heterocycles. The van der Waals surface area contributed by atoms with Gasteiger partial charge in [-0.2, -0.15) is 0 Å². The minimum absolute atomic E-state index is 0.154. The zero-order chi connectivity index (χ0) is 9.68. The van der Waals surface area contributed by atoms with Crippen molar-refractivity contribution in [3.05, 3.63) is 23.8 Å². The van der Waals surface area contributed by atoms with Crippen LogP contribution in [0.15, 0.2) is 23.8 Å². The Morgan fingerprint density at radius 2 is 2.23 bits per heavy atom. The molecule has 0 amide bonds. The minimum atomic E-state index is 0.154. The summed E-state index contributed by atoms with van der Waals surface area (Å²) >= 11 is 0. The predicted molar refractivity (Wildman–Crippen MR) is 55.5 cm³/mol. The third-order valence-electron chi connectivity index (χ3n) is 2.57. The van der Waals surface area contributed by atoms with Crippen molar-refractivity contribution in [3.63, 3.8) is 0 Å². The molecule has 0 N–H and O–H groups in total. The quantitative estimate of drug-likeness (QED) is 0.645. The van der Waals surface area contributed by atoms with Gasteiger partial charge < -0.3 is 0 Å². The molecular weight excluding hydrogens is 160 g/mol. The summed E-state index contributed by atoms with van der Waals surface area (Å²) in [5, 5.41) is 0. The van der Waals surface area contributed by atoms with Crippen molar-refractivity contribution >= 4 is 5.78 Å². The van der Waals surface area contributed by atoms with Crippen LogP contribution in [0.25, 0.3) is 0 Å². The van der Waals surface area contributed by atoms with Gasteiger partial charge in [0.2, 0.25) is 0 Å². The van der Waals surface area contributed by atoms with Crippen LogP contribution in [0.4, 0.5) is 0 Å². The molecular formula is C12H18O. The highest BCUT2D eigenvalue weighted by Gasteiger charge is 2.17. The second-order valence-corrected chi connectivity index (χ2v) is 3.46. The van der Waals surface area contributed by atoms with Crippen molar-refractivity contribution in [1.29, 1.82) is 0 Å². The fourth-order valence-electron chi connectivity index (χ4n) is 1.79. The van der Waals surface area contributed by atoms with E-state index in [0.717, 1.165) is 19.3 Å². The highest BCUT2D eigenvalue weighted by molar-refractivity contribution is 5.84. The maximum atomic E-state index is 11.6. The number of carbonyl (C=O) groups is 1. The predicted octanol–water partition coefficient (Wildman–Crippen LogP) is 3.27. The maximum Gasteiger partial charge on any atom is 0.140 e. The lowest BCUT2D eigenvalue weighted by Gasteiger charge is -2.16. The Morgan fingerprint density at radius 1 is 1.46 bits per heavy atom. The molecule has 0 aromatic carbocycles. The zero-order valence-corrected chi connectivity index (χ0v) is 8.55. The van der Waals surface area contributed by atoms with Gasteiger partial charge in [0.05, 0.1) is 0 Å². The van der Waals surface area contributed by atoms with Crippen LogP contribution in [0.3, 0.4) is 0 Å². The van der Waals surface area contributed by atoms with Gasteiger partial charge in [0.15, 0.2) is 0 Å². The number of allylic oxidation sites excluding steroid dienone is 4. The van der Waals surface area contributed by atoms with E-state index in [9.17, 15) is 4.79 Å². The zero-order valence-electron chi connectivity index (χ0n) is 8.55. The third kappa shape index (κ3) is 2.55. The van der Waals surface area contributed by atoms with Gasteiger partial charge in [-0.3, -0.25) is 4.79 Å². The highest BCUT2D eigenvalue weighted by atomic mass is 16.1. The first kappa shape index (κ1) is 10.2. The smallest absolute Gasteiger partial charge is 0.140 e. The van der Waals surface area contributed by atoms with E-state index in [1.807, 2.05) is 6.92 Å². The monoisotopic (exact) mass is 178 g/mol.